The summed E-state index contributed by atoms with van der Waals surface area (Å²) in [4.78, 5) is 25.7. The number of nitro groups is 1. The second-order valence-electron chi connectivity index (χ2n) is 4.02. The van der Waals surface area contributed by atoms with Gasteiger partial charge in [0.2, 0.25) is 0 Å². The number of rotatable bonds is 4. The second kappa shape index (κ2) is 5.70. The van der Waals surface area contributed by atoms with E-state index in [1.165, 1.54) is 24.4 Å². The SMILES string of the molecule is Cc1ccc([N+](=O)[O-])c(Sc2ccc(C(=O)O)cn2)c1. The lowest BCUT2D eigenvalue weighted by atomic mass is 10.2. The Bertz CT molecular complexity index is 671. The maximum atomic E-state index is 11.0. The molecule has 0 bridgehead atoms. The molecule has 2 aromatic rings. The highest BCUT2D eigenvalue weighted by Crippen LogP contribution is 2.34. The molecule has 0 amide bonds. The molecular formula is C13H10N2O4S. The fourth-order valence-corrected chi connectivity index (χ4v) is 2.49. The number of pyridine rings is 1. The fourth-order valence-electron chi connectivity index (χ4n) is 1.53. The van der Waals surface area contributed by atoms with Gasteiger partial charge < -0.3 is 5.11 Å². The van der Waals surface area contributed by atoms with Gasteiger partial charge in [-0.3, -0.25) is 10.1 Å². The van der Waals surface area contributed by atoms with Crippen LogP contribution in [0, 0.1) is 17.0 Å². The molecule has 7 heteroatoms. The topological polar surface area (TPSA) is 93.3 Å². The molecule has 0 aliphatic heterocycles. The van der Waals surface area contributed by atoms with Gasteiger partial charge in [-0.2, -0.15) is 0 Å². The molecular weight excluding hydrogens is 280 g/mol. The van der Waals surface area contributed by atoms with Crippen molar-refractivity contribution in [1.29, 1.82) is 0 Å². The van der Waals surface area contributed by atoms with Gasteiger partial charge in [-0.15, -0.1) is 0 Å². The molecule has 1 aromatic heterocycles. The second-order valence-corrected chi connectivity index (χ2v) is 5.08. The minimum Gasteiger partial charge on any atom is -0.478 e. The highest BCUT2D eigenvalue weighted by atomic mass is 32.2. The molecule has 6 nitrogen and oxygen atoms in total. The first-order valence-corrected chi connectivity index (χ1v) is 6.41. The largest absolute Gasteiger partial charge is 0.478 e. The Hall–Kier alpha value is -2.41. The maximum Gasteiger partial charge on any atom is 0.337 e. The molecule has 0 aliphatic rings. The van der Waals surface area contributed by atoms with Crippen LogP contribution in [0.4, 0.5) is 5.69 Å². The summed E-state index contributed by atoms with van der Waals surface area (Å²) in [5.41, 5.74) is 0.984. The average Bonchev–Trinajstić information content (AvgIpc) is 2.39. The van der Waals surface area contributed by atoms with E-state index in [0.29, 0.717) is 9.92 Å². The fraction of sp³-hybridized carbons (Fsp3) is 0.0769. The van der Waals surface area contributed by atoms with Crippen LogP contribution >= 0.6 is 11.8 Å². The van der Waals surface area contributed by atoms with E-state index < -0.39 is 10.9 Å². The Morgan fingerprint density at radius 1 is 1.35 bits per heavy atom. The van der Waals surface area contributed by atoms with Gasteiger partial charge in [0.1, 0.15) is 5.03 Å². The lowest BCUT2D eigenvalue weighted by Crippen LogP contribution is -1.97. The average molecular weight is 290 g/mol. The summed E-state index contributed by atoms with van der Waals surface area (Å²) >= 11 is 1.13. The standard InChI is InChI=1S/C13H10N2O4S/c1-8-2-4-10(15(18)19)11(6-8)20-12-5-3-9(7-14-12)13(16)17/h2-7H,1H3,(H,16,17). The van der Waals surface area contributed by atoms with Gasteiger partial charge in [-0.1, -0.05) is 17.8 Å². The Balaban J connectivity index is 2.31. The van der Waals surface area contributed by atoms with Crippen molar-refractivity contribution in [2.75, 3.05) is 0 Å². The number of hydrogen-bond acceptors (Lipinski definition) is 5. The number of benzene rings is 1. The number of aryl methyl sites for hydroxylation is 1. The van der Waals surface area contributed by atoms with Gasteiger partial charge in [-0.05, 0) is 30.7 Å². The van der Waals surface area contributed by atoms with E-state index in [-0.39, 0.29) is 11.3 Å². The molecule has 1 heterocycles. The van der Waals surface area contributed by atoms with Crippen LogP contribution in [-0.2, 0) is 0 Å². The number of aromatic nitrogens is 1. The van der Waals surface area contributed by atoms with Gasteiger partial charge >= 0.3 is 5.97 Å². The molecule has 0 radical (unpaired) electrons. The summed E-state index contributed by atoms with van der Waals surface area (Å²) in [6.07, 6.45) is 1.23. The van der Waals surface area contributed by atoms with Crippen molar-refractivity contribution in [3.8, 4) is 0 Å². The summed E-state index contributed by atoms with van der Waals surface area (Å²) in [6, 6.07) is 7.77. The third-order valence-corrected chi connectivity index (χ3v) is 3.51. The smallest absolute Gasteiger partial charge is 0.337 e. The third-order valence-electron chi connectivity index (χ3n) is 2.51. The predicted octanol–water partition coefficient (Wildman–Crippen LogP) is 3.15. The molecule has 2 rings (SSSR count). The molecule has 0 fully saturated rings. The van der Waals surface area contributed by atoms with Crippen molar-refractivity contribution in [1.82, 2.24) is 4.98 Å². The molecule has 0 unspecified atom stereocenters. The molecule has 1 aromatic carbocycles. The van der Waals surface area contributed by atoms with Crippen LogP contribution in [0.15, 0.2) is 46.5 Å². The molecule has 0 spiro atoms. The Morgan fingerprint density at radius 3 is 2.65 bits per heavy atom. The van der Waals surface area contributed by atoms with Gasteiger partial charge in [0, 0.05) is 12.3 Å². The number of nitrogens with zero attached hydrogens (tertiary/aromatic N) is 2. The minimum atomic E-state index is -1.06. The van der Waals surface area contributed by atoms with Crippen LogP contribution in [0.25, 0.3) is 0 Å². The Kier molecular flexibility index (Phi) is 3.99. The van der Waals surface area contributed by atoms with E-state index in [4.69, 9.17) is 5.11 Å². The highest BCUT2D eigenvalue weighted by Gasteiger charge is 2.15. The zero-order valence-electron chi connectivity index (χ0n) is 10.4. The van der Waals surface area contributed by atoms with Crippen LogP contribution in [0.3, 0.4) is 0 Å². The number of carboxylic acids is 1. The third kappa shape index (κ3) is 3.12. The first-order valence-electron chi connectivity index (χ1n) is 5.59. The zero-order chi connectivity index (χ0) is 14.7. The minimum absolute atomic E-state index is 0.00436. The van der Waals surface area contributed by atoms with Crippen molar-refractivity contribution in [3.63, 3.8) is 0 Å². The summed E-state index contributed by atoms with van der Waals surface area (Å²) < 4.78 is 0. The zero-order valence-corrected chi connectivity index (χ0v) is 11.3. The number of carbonyl (C=O) groups is 1. The lowest BCUT2D eigenvalue weighted by molar-refractivity contribution is -0.387. The van der Waals surface area contributed by atoms with E-state index >= 15 is 0 Å². The number of carboxylic acid groups (broad SMARTS) is 1. The summed E-state index contributed by atoms with van der Waals surface area (Å²) in [5, 5.41) is 20.2. The number of nitro benzene ring substituents is 1. The van der Waals surface area contributed by atoms with Crippen LogP contribution < -0.4 is 0 Å². The van der Waals surface area contributed by atoms with Crippen molar-refractivity contribution in [3.05, 3.63) is 57.8 Å². The number of hydrogen-bond donors (Lipinski definition) is 1. The van der Waals surface area contributed by atoms with E-state index in [2.05, 4.69) is 4.98 Å². The van der Waals surface area contributed by atoms with Crippen molar-refractivity contribution < 1.29 is 14.8 Å². The van der Waals surface area contributed by atoms with Gasteiger partial charge in [0.15, 0.2) is 0 Å². The molecule has 0 saturated heterocycles. The molecule has 0 saturated carbocycles. The quantitative estimate of drug-likeness (QED) is 0.686. The van der Waals surface area contributed by atoms with Crippen molar-refractivity contribution in [2.45, 2.75) is 16.8 Å². The van der Waals surface area contributed by atoms with E-state index in [1.807, 2.05) is 6.92 Å². The number of aromatic carboxylic acids is 1. The van der Waals surface area contributed by atoms with Crippen LogP contribution in [0.1, 0.15) is 15.9 Å². The first kappa shape index (κ1) is 14.0. The predicted molar refractivity (Wildman–Crippen MR) is 73.2 cm³/mol. The molecule has 1 N–H and O–H groups in total. The van der Waals surface area contributed by atoms with Gasteiger partial charge in [0.05, 0.1) is 15.4 Å². The Labute approximate surface area is 118 Å². The normalized spacial score (nSPS) is 10.2. The molecule has 0 aliphatic carbocycles. The lowest BCUT2D eigenvalue weighted by Gasteiger charge is -2.04. The maximum absolute atomic E-state index is 11.0. The van der Waals surface area contributed by atoms with E-state index in [0.717, 1.165) is 17.3 Å². The van der Waals surface area contributed by atoms with Gasteiger partial charge in [0.25, 0.3) is 5.69 Å². The van der Waals surface area contributed by atoms with Crippen LogP contribution in [-0.4, -0.2) is 21.0 Å². The van der Waals surface area contributed by atoms with Crippen molar-refractivity contribution >= 4 is 23.4 Å². The monoisotopic (exact) mass is 290 g/mol. The summed E-state index contributed by atoms with van der Waals surface area (Å²) in [6.45, 7) is 1.84. The van der Waals surface area contributed by atoms with Crippen LogP contribution in [0.2, 0.25) is 0 Å². The van der Waals surface area contributed by atoms with Crippen LogP contribution in [0.5, 0.6) is 0 Å². The van der Waals surface area contributed by atoms with E-state index in [9.17, 15) is 14.9 Å². The molecule has 102 valence electrons. The summed E-state index contributed by atoms with van der Waals surface area (Å²) in [5.74, 6) is -1.06. The molecule has 0 atom stereocenters. The highest BCUT2D eigenvalue weighted by molar-refractivity contribution is 7.99. The molecule has 20 heavy (non-hydrogen) atoms. The Morgan fingerprint density at radius 2 is 2.10 bits per heavy atom. The summed E-state index contributed by atoms with van der Waals surface area (Å²) in [7, 11) is 0. The van der Waals surface area contributed by atoms with Crippen molar-refractivity contribution in [2.24, 2.45) is 0 Å². The van der Waals surface area contributed by atoms with Gasteiger partial charge in [-0.25, -0.2) is 9.78 Å². The first-order chi connectivity index (χ1) is 9.47. The van der Waals surface area contributed by atoms with E-state index in [1.54, 1.807) is 12.1 Å².